The second kappa shape index (κ2) is 7.77. The van der Waals surface area contributed by atoms with E-state index in [1.165, 1.54) is 0 Å². The Bertz CT molecular complexity index is 443. The van der Waals surface area contributed by atoms with Gasteiger partial charge in [0.15, 0.2) is 0 Å². The van der Waals surface area contributed by atoms with Gasteiger partial charge >= 0.3 is 0 Å². The van der Waals surface area contributed by atoms with Crippen LogP contribution in [0.15, 0.2) is 60.7 Å². The lowest BCUT2D eigenvalue weighted by atomic mass is 10.1. The molecule has 0 fully saturated rings. The Balaban J connectivity index is 1.69. The average Bonchev–Trinajstić information content (AvgIpc) is 2.53. The molecular weight excluding hydrogens is 252 g/mol. The van der Waals surface area contributed by atoms with Crippen LogP contribution in [0.2, 0.25) is 0 Å². The summed E-state index contributed by atoms with van der Waals surface area (Å²) in [6, 6.07) is 19.1. The second-order valence-electron chi connectivity index (χ2n) is 4.60. The van der Waals surface area contributed by atoms with Crippen LogP contribution in [0.1, 0.15) is 23.2 Å². The first-order chi connectivity index (χ1) is 9.77. The van der Waals surface area contributed by atoms with Crippen LogP contribution in [-0.2, 0) is 9.78 Å². The maximum Gasteiger partial charge on any atom is 0.101 e. The molecule has 0 aliphatic carbocycles. The lowest BCUT2D eigenvalue weighted by Gasteiger charge is -2.14. The van der Waals surface area contributed by atoms with Gasteiger partial charge in [0, 0.05) is 0 Å². The van der Waals surface area contributed by atoms with Crippen molar-refractivity contribution >= 4 is 0 Å². The fourth-order valence-corrected chi connectivity index (χ4v) is 1.84. The molecule has 0 spiro atoms. The summed E-state index contributed by atoms with van der Waals surface area (Å²) in [5.74, 6) is 0. The number of hydrogen-bond acceptors (Lipinski definition) is 4. The van der Waals surface area contributed by atoms with Gasteiger partial charge in [0.1, 0.15) is 13.2 Å². The highest BCUT2D eigenvalue weighted by Gasteiger charge is 2.08. The predicted molar refractivity (Wildman–Crippen MR) is 78.6 cm³/mol. The molecule has 0 aliphatic heterocycles. The Morgan fingerprint density at radius 1 is 0.650 bits per heavy atom. The van der Waals surface area contributed by atoms with Crippen LogP contribution in [0.3, 0.4) is 0 Å². The summed E-state index contributed by atoms with van der Waals surface area (Å²) in [5.41, 5.74) is 14.0. The Morgan fingerprint density at radius 2 is 1.00 bits per heavy atom. The number of hydrogen-bond donors (Lipinski definition) is 2. The SMILES string of the molecule is N[C@H](COOC[C@@H](N)c1ccccc1)c1ccccc1. The smallest absolute Gasteiger partial charge is 0.101 e. The molecule has 4 nitrogen and oxygen atoms in total. The van der Waals surface area contributed by atoms with E-state index < -0.39 is 0 Å². The van der Waals surface area contributed by atoms with E-state index >= 15 is 0 Å². The highest BCUT2D eigenvalue weighted by atomic mass is 17.2. The number of rotatable bonds is 7. The summed E-state index contributed by atoms with van der Waals surface area (Å²) in [6.45, 7) is 0.594. The van der Waals surface area contributed by atoms with Gasteiger partial charge < -0.3 is 11.5 Å². The number of nitrogens with two attached hydrogens (primary N) is 2. The predicted octanol–water partition coefficient (Wildman–Crippen LogP) is 2.33. The first-order valence-corrected chi connectivity index (χ1v) is 6.63. The molecule has 0 aliphatic rings. The molecule has 2 aromatic carbocycles. The third-order valence-corrected chi connectivity index (χ3v) is 3.03. The van der Waals surface area contributed by atoms with Gasteiger partial charge in [0.2, 0.25) is 0 Å². The lowest BCUT2D eigenvalue weighted by molar-refractivity contribution is -0.299. The van der Waals surface area contributed by atoms with Crippen LogP contribution in [0, 0.1) is 0 Å². The monoisotopic (exact) mass is 272 g/mol. The van der Waals surface area contributed by atoms with Crippen LogP contribution < -0.4 is 11.5 Å². The molecule has 0 saturated heterocycles. The minimum atomic E-state index is -0.204. The lowest BCUT2D eigenvalue weighted by Crippen LogP contribution is -2.21. The van der Waals surface area contributed by atoms with Crippen molar-refractivity contribution in [3.05, 3.63) is 71.8 Å². The van der Waals surface area contributed by atoms with Crippen LogP contribution in [0.4, 0.5) is 0 Å². The van der Waals surface area contributed by atoms with Gasteiger partial charge in [-0.1, -0.05) is 60.7 Å². The van der Waals surface area contributed by atoms with Gasteiger partial charge in [0.25, 0.3) is 0 Å². The van der Waals surface area contributed by atoms with Gasteiger partial charge in [-0.05, 0) is 11.1 Å². The molecule has 0 radical (unpaired) electrons. The Labute approximate surface area is 119 Å². The quantitative estimate of drug-likeness (QED) is 0.461. The first-order valence-electron chi connectivity index (χ1n) is 6.63. The standard InChI is InChI=1S/C16H20N2O2/c17-15(13-7-3-1-4-8-13)11-19-20-12-16(18)14-9-5-2-6-10-14/h1-10,15-16H,11-12,17-18H2/t15-,16-/m1/s1. The minimum absolute atomic E-state index is 0.204. The van der Waals surface area contributed by atoms with Crippen LogP contribution >= 0.6 is 0 Å². The van der Waals surface area contributed by atoms with Gasteiger partial charge in [-0.3, -0.25) is 0 Å². The van der Waals surface area contributed by atoms with E-state index in [0.717, 1.165) is 11.1 Å². The minimum Gasteiger partial charge on any atom is -0.322 e. The molecule has 0 aromatic heterocycles. The van der Waals surface area contributed by atoms with E-state index in [9.17, 15) is 0 Å². The summed E-state index contributed by atoms with van der Waals surface area (Å²) in [4.78, 5) is 10.3. The molecule has 0 heterocycles. The molecular formula is C16H20N2O2. The zero-order valence-corrected chi connectivity index (χ0v) is 11.3. The Kier molecular flexibility index (Phi) is 5.70. The van der Waals surface area contributed by atoms with Crippen molar-refractivity contribution in [1.29, 1.82) is 0 Å². The fourth-order valence-electron chi connectivity index (χ4n) is 1.84. The highest BCUT2D eigenvalue weighted by Crippen LogP contribution is 2.12. The summed E-state index contributed by atoms with van der Waals surface area (Å²) in [7, 11) is 0. The fraction of sp³-hybridized carbons (Fsp3) is 0.250. The molecule has 0 unspecified atom stereocenters. The van der Waals surface area contributed by atoms with Gasteiger partial charge in [-0.25, -0.2) is 9.78 Å². The average molecular weight is 272 g/mol. The van der Waals surface area contributed by atoms with Crippen molar-refractivity contribution in [2.75, 3.05) is 13.2 Å². The van der Waals surface area contributed by atoms with Gasteiger partial charge in [-0.15, -0.1) is 0 Å². The van der Waals surface area contributed by atoms with Gasteiger partial charge in [0.05, 0.1) is 12.1 Å². The molecule has 2 aromatic rings. The summed E-state index contributed by atoms with van der Waals surface area (Å²) in [6.07, 6.45) is 0. The van der Waals surface area contributed by atoms with Crippen molar-refractivity contribution in [2.24, 2.45) is 11.5 Å². The third kappa shape index (κ3) is 4.43. The molecule has 4 heteroatoms. The number of benzene rings is 2. The van der Waals surface area contributed by atoms with Crippen molar-refractivity contribution in [3.8, 4) is 0 Å². The Hall–Kier alpha value is -1.72. The zero-order chi connectivity index (χ0) is 14.2. The Morgan fingerprint density at radius 3 is 1.35 bits per heavy atom. The molecule has 0 amide bonds. The van der Waals surface area contributed by atoms with Crippen LogP contribution in [0.25, 0.3) is 0 Å². The van der Waals surface area contributed by atoms with E-state index in [1.807, 2.05) is 60.7 Å². The van der Waals surface area contributed by atoms with E-state index in [-0.39, 0.29) is 12.1 Å². The van der Waals surface area contributed by atoms with E-state index in [4.69, 9.17) is 21.2 Å². The molecule has 0 bridgehead atoms. The molecule has 2 rings (SSSR count). The largest absolute Gasteiger partial charge is 0.322 e. The summed E-state index contributed by atoms with van der Waals surface area (Å²) >= 11 is 0. The van der Waals surface area contributed by atoms with E-state index in [0.29, 0.717) is 13.2 Å². The topological polar surface area (TPSA) is 70.5 Å². The molecule has 2 atom stereocenters. The highest BCUT2D eigenvalue weighted by molar-refractivity contribution is 5.19. The maximum atomic E-state index is 5.99. The summed E-state index contributed by atoms with van der Waals surface area (Å²) in [5, 5.41) is 0. The molecule has 20 heavy (non-hydrogen) atoms. The van der Waals surface area contributed by atoms with Crippen molar-refractivity contribution in [2.45, 2.75) is 12.1 Å². The third-order valence-electron chi connectivity index (χ3n) is 3.03. The second-order valence-corrected chi connectivity index (χ2v) is 4.60. The van der Waals surface area contributed by atoms with Gasteiger partial charge in [-0.2, -0.15) is 0 Å². The summed E-state index contributed by atoms with van der Waals surface area (Å²) < 4.78 is 0. The van der Waals surface area contributed by atoms with Crippen molar-refractivity contribution in [3.63, 3.8) is 0 Å². The van der Waals surface area contributed by atoms with Crippen molar-refractivity contribution < 1.29 is 9.78 Å². The molecule has 0 saturated carbocycles. The normalized spacial score (nSPS) is 13.9. The molecule has 4 N–H and O–H groups in total. The van der Waals surface area contributed by atoms with E-state index in [1.54, 1.807) is 0 Å². The van der Waals surface area contributed by atoms with E-state index in [2.05, 4.69) is 0 Å². The maximum absolute atomic E-state index is 5.99. The van der Waals surface area contributed by atoms with Crippen molar-refractivity contribution in [1.82, 2.24) is 0 Å². The first kappa shape index (κ1) is 14.7. The van der Waals surface area contributed by atoms with Crippen LogP contribution in [-0.4, -0.2) is 13.2 Å². The van der Waals surface area contributed by atoms with Crippen LogP contribution in [0.5, 0.6) is 0 Å². The molecule has 106 valence electrons. The zero-order valence-electron chi connectivity index (χ0n) is 11.3.